The summed E-state index contributed by atoms with van der Waals surface area (Å²) in [4.78, 5) is 0. The zero-order valence-corrected chi connectivity index (χ0v) is 12.3. The third-order valence-electron chi connectivity index (χ3n) is 1.06. The molecule has 0 fully saturated rings. The van der Waals surface area contributed by atoms with Crippen molar-refractivity contribution in [2.24, 2.45) is 0 Å². The van der Waals surface area contributed by atoms with Crippen molar-refractivity contribution in [3.05, 3.63) is 27.8 Å². The summed E-state index contributed by atoms with van der Waals surface area (Å²) in [6, 6.07) is 6.79. The summed E-state index contributed by atoms with van der Waals surface area (Å²) >= 11 is 2.13. The van der Waals surface area contributed by atoms with E-state index in [1.165, 1.54) is 0 Å². The Morgan fingerprint density at radius 3 is 2.08 bits per heavy atom. The standard InChI is InChI=1S/C7H7IO3S.Na/c1-12(9,10)11-7-4-2-6(8)3-5-7;/h2-5H,1H3;. The molecule has 0 saturated heterocycles. The molecule has 67 valence electrons. The van der Waals surface area contributed by atoms with Gasteiger partial charge in [0.1, 0.15) is 5.75 Å². The first-order chi connectivity index (χ1) is 5.47. The van der Waals surface area contributed by atoms with E-state index in [9.17, 15) is 8.42 Å². The normalized spacial score (nSPS) is 10.3. The second-order valence-corrected chi connectivity index (χ2v) is 5.06. The Balaban J connectivity index is 0.00000144. The number of benzene rings is 1. The van der Waals surface area contributed by atoms with Crippen molar-refractivity contribution in [2.45, 2.75) is 0 Å². The quantitative estimate of drug-likeness (QED) is 0.468. The van der Waals surface area contributed by atoms with E-state index in [1.807, 2.05) is 0 Å². The van der Waals surface area contributed by atoms with E-state index in [0.717, 1.165) is 9.83 Å². The molecule has 1 aromatic rings. The van der Waals surface area contributed by atoms with Gasteiger partial charge in [0.2, 0.25) is 0 Å². The van der Waals surface area contributed by atoms with Crippen molar-refractivity contribution in [3.63, 3.8) is 0 Å². The molecule has 0 N–H and O–H groups in total. The summed E-state index contributed by atoms with van der Waals surface area (Å²) in [5.74, 6) is 0.345. The first kappa shape index (κ1) is 13.7. The largest absolute Gasteiger partial charge is 0.383 e. The Labute approximate surface area is 113 Å². The Bertz CT molecular complexity index is 360. The molecule has 0 spiro atoms. The van der Waals surface area contributed by atoms with Crippen LogP contribution in [-0.4, -0.2) is 44.2 Å². The van der Waals surface area contributed by atoms with Crippen LogP contribution in [0.4, 0.5) is 0 Å². The van der Waals surface area contributed by atoms with Crippen LogP contribution in [0.3, 0.4) is 0 Å². The fourth-order valence-corrected chi connectivity index (χ4v) is 1.49. The maximum atomic E-state index is 10.7. The average Bonchev–Trinajstić information content (AvgIpc) is 1.91. The van der Waals surface area contributed by atoms with Gasteiger partial charge in [-0.25, -0.2) is 0 Å². The Hall–Kier alpha value is 0.700. The van der Waals surface area contributed by atoms with Crippen molar-refractivity contribution < 1.29 is 12.6 Å². The van der Waals surface area contributed by atoms with Gasteiger partial charge in [0.25, 0.3) is 0 Å². The Morgan fingerprint density at radius 2 is 1.69 bits per heavy atom. The third-order valence-corrected chi connectivity index (χ3v) is 2.28. The van der Waals surface area contributed by atoms with Crippen molar-refractivity contribution >= 4 is 62.3 Å². The number of hydrogen-bond donors (Lipinski definition) is 0. The minimum atomic E-state index is -3.39. The van der Waals surface area contributed by atoms with E-state index in [-0.39, 0.29) is 29.6 Å². The minimum Gasteiger partial charge on any atom is -0.383 e. The van der Waals surface area contributed by atoms with E-state index in [1.54, 1.807) is 24.3 Å². The van der Waals surface area contributed by atoms with E-state index in [4.69, 9.17) is 0 Å². The second kappa shape index (κ2) is 5.55. The van der Waals surface area contributed by atoms with Crippen molar-refractivity contribution in [1.82, 2.24) is 0 Å². The molecule has 0 aliphatic carbocycles. The molecule has 0 heterocycles. The van der Waals surface area contributed by atoms with Gasteiger partial charge in [0.05, 0.1) is 6.26 Å². The molecule has 0 unspecified atom stereocenters. The summed E-state index contributed by atoms with van der Waals surface area (Å²) in [5, 5.41) is 0. The van der Waals surface area contributed by atoms with Gasteiger partial charge < -0.3 is 4.18 Å². The number of rotatable bonds is 2. The maximum Gasteiger partial charge on any atom is 0.306 e. The summed E-state index contributed by atoms with van der Waals surface area (Å²) in [6.07, 6.45) is 1.02. The first-order valence-corrected chi connectivity index (χ1v) is 6.02. The van der Waals surface area contributed by atoms with E-state index >= 15 is 0 Å². The second-order valence-electron chi connectivity index (χ2n) is 2.24. The Morgan fingerprint density at radius 1 is 1.23 bits per heavy atom. The smallest absolute Gasteiger partial charge is 0.306 e. The molecule has 6 heteroatoms. The molecule has 1 aromatic carbocycles. The zero-order valence-electron chi connectivity index (χ0n) is 7.32. The molecule has 3 nitrogen and oxygen atoms in total. The van der Waals surface area contributed by atoms with Crippen LogP contribution in [0.1, 0.15) is 0 Å². The Kier molecular flexibility index (Phi) is 5.85. The van der Waals surface area contributed by atoms with Crippen LogP contribution in [-0.2, 0) is 10.1 Å². The molecular weight excluding hydrogens is 314 g/mol. The van der Waals surface area contributed by atoms with Gasteiger partial charge in [-0.05, 0) is 46.9 Å². The first-order valence-electron chi connectivity index (χ1n) is 3.12. The maximum absolute atomic E-state index is 10.7. The van der Waals surface area contributed by atoms with Gasteiger partial charge in [-0.1, -0.05) is 0 Å². The molecule has 0 atom stereocenters. The third kappa shape index (κ3) is 5.90. The van der Waals surface area contributed by atoms with Gasteiger partial charge in [0.15, 0.2) is 0 Å². The van der Waals surface area contributed by atoms with Crippen molar-refractivity contribution in [1.29, 1.82) is 0 Å². The molecule has 0 bridgehead atoms. The van der Waals surface area contributed by atoms with Crippen molar-refractivity contribution in [2.75, 3.05) is 6.26 Å². The van der Waals surface area contributed by atoms with Crippen LogP contribution >= 0.6 is 22.6 Å². The SMILES string of the molecule is CS(=O)(=O)Oc1ccc(I)cc1.[Na]. The summed E-state index contributed by atoms with van der Waals surface area (Å²) in [7, 11) is -3.39. The van der Waals surface area contributed by atoms with Crippen molar-refractivity contribution in [3.8, 4) is 5.75 Å². The molecule has 1 radical (unpaired) electrons. The van der Waals surface area contributed by atoms with Gasteiger partial charge >= 0.3 is 10.1 Å². The molecule has 13 heavy (non-hydrogen) atoms. The summed E-state index contributed by atoms with van der Waals surface area (Å²) < 4.78 is 27.0. The van der Waals surface area contributed by atoms with Gasteiger partial charge in [0, 0.05) is 33.1 Å². The summed E-state index contributed by atoms with van der Waals surface area (Å²) in [5.41, 5.74) is 0. The van der Waals surface area contributed by atoms with Gasteiger partial charge in [-0.3, -0.25) is 0 Å². The molecule has 0 aromatic heterocycles. The predicted octanol–water partition coefficient (Wildman–Crippen LogP) is 1.25. The van der Waals surface area contributed by atoms with E-state index in [2.05, 4.69) is 26.8 Å². The van der Waals surface area contributed by atoms with Gasteiger partial charge in [-0.2, -0.15) is 8.42 Å². The van der Waals surface area contributed by atoms with Crippen LogP contribution in [0.15, 0.2) is 24.3 Å². The number of halogens is 1. The van der Waals surface area contributed by atoms with Crippen LogP contribution in [0, 0.1) is 3.57 Å². The fourth-order valence-electron chi connectivity index (χ4n) is 0.665. The van der Waals surface area contributed by atoms with Crippen LogP contribution < -0.4 is 4.18 Å². The topological polar surface area (TPSA) is 43.4 Å². The summed E-state index contributed by atoms with van der Waals surface area (Å²) in [6.45, 7) is 0. The average molecular weight is 321 g/mol. The molecule has 1 rings (SSSR count). The molecular formula is C7H7INaO3S. The zero-order chi connectivity index (χ0) is 9.19. The monoisotopic (exact) mass is 321 g/mol. The fraction of sp³-hybridized carbons (Fsp3) is 0.143. The molecule has 0 aliphatic heterocycles. The minimum absolute atomic E-state index is 0. The molecule has 0 saturated carbocycles. The number of hydrogen-bond acceptors (Lipinski definition) is 3. The van der Waals surface area contributed by atoms with Crippen LogP contribution in [0.25, 0.3) is 0 Å². The predicted molar refractivity (Wildman–Crippen MR) is 60.4 cm³/mol. The van der Waals surface area contributed by atoms with Gasteiger partial charge in [-0.15, -0.1) is 0 Å². The van der Waals surface area contributed by atoms with Crippen LogP contribution in [0.2, 0.25) is 0 Å². The van der Waals surface area contributed by atoms with E-state index in [0.29, 0.717) is 5.75 Å². The molecule has 0 amide bonds. The van der Waals surface area contributed by atoms with E-state index < -0.39 is 10.1 Å². The molecule has 0 aliphatic rings. The van der Waals surface area contributed by atoms with Crippen LogP contribution in [0.5, 0.6) is 5.75 Å².